The Balaban J connectivity index is 1.69. The van der Waals surface area contributed by atoms with E-state index in [2.05, 4.69) is 10.3 Å². The van der Waals surface area contributed by atoms with Crippen LogP contribution in [0, 0.1) is 0 Å². The summed E-state index contributed by atoms with van der Waals surface area (Å²) in [6.07, 6.45) is 0.349. The summed E-state index contributed by atoms with van der Waals surface area (Å²) in [4.78, 5) is 32.8. The van der Waals surface area contributed by atoms with Crippen molar-refractivity contribution in [2.24, 2.45) is 12.0 Å². The van der Waals surface area contributed by atoms with Crippen LogP contribution in [0.4, 0.5) is 5.69 Å². The lowest BCUT2D eigenvalue weighted by molar-refractivity contribution is -0.117. The van der Waals surface area contributed by atoms with E-state index in [1.165, 1.54) is 0 Å². The van der Waals surface area contributed by atoms with Gasteiger partial charge in [-0.15, -0.1) is 0 Å². The number of nitrogens with one attached hydrogen (secondary N) is 2. The standard InChI is InChI=1S/C24H18Cl2N4O2/c1-30-21-11-14(6-8-19(21)29-24(30)32)22-16-12-15(25)7-9-18(16)28-23(31)20(27-22)10-13-4-2-3-5-17(13)26/h2-9,11-12,20H,10H2,1H3,(H,28,31)(H,29,32)/t20-/m0/s1. The van der Waals surface area contributed by atoms with E-state index in [1.54, 1.807) is 35.9 Å². The Hall–Kier alpha value is -3.35. The molecule has 0 saturated heterocycles. The highest BCUT2D eigenvalue weighted by molar-refractivity contribution is 6.32. The van der Waals surface area contributed by atoms with Crippen molar-refractivity contribution < 1.29 is 4.79 Å². The van der Waals surface area contributed by atoms with Crippen molar-refractivity contribution in [2.45, 2.75) is 12.5 Å². The number of benzene rings is 3. The molecule has 1 amide bonds. The minimum absolute atomic E-state index is 0.197. The van der Waals surface area contributed by atoms with Crippen LogP contribution in [-0.4, -0.2) is 27.2 Å². The van der Waals surface area contributed by atoms with Crippen LogP contribution in [0.15, 0.2) is 70.5 Å². The molecule has 32 heavy (non-hydrogen) atoms. The Morgan fingerprint density at radius 2 is 1.84 bits per heavy atom. The molecule has 0 unspecified atom stereocenters. The van der Waals surface area contributed by atoms with Crippen molar-refractivity contribution in [2.75, 3.05) is 5.32 Å². The summed E-state index contributed by atoms with van der Waals surface area (Å²) in [5.74, 6) is -0.224. The summed E-state index contributed by atoms with van der Waals surface area (Å²) in [5, 5.41) is 4.10. The summed E-state index contributed by atoms with van der Waals surface area (Å²) in [7, 11) is 1.70. The molecule has 0 saturated carbocycles. The quantitative estimate of drug-likeness (QED) is 0.465. The van der Waals surface area contributed by atoms with Crippen LogP contribution < -0.4 is 11.0 Å². The van der Waals surface area contributed by atoms with E-state index in [1.807, 2.05) is 36.4 Å². The van der Waals surface area contributed by atoms with Gasteiger partial charge in [-0.2, -0.15) is 0 Å². The molecule has 0 radical (unpaired) electrons. The van der Waals surface area contributed by atoms with Gasteiger partial charge >= 0.3 is 5.69 Å². The first-order chi connectivity index (χ1) is 15.4. The Morgan fingerprint density at radius 3 is 2.66 bits per heavy atom. The number of hydrogen-bond acceptors (Lipinski definition) is 3. The fourth-order valence-electron chi connectivity index (χ4n) is 3.93. The van der Waals surface area contributed by atoms with Gasteiger partial charge in [-0.1, -0.05) is 47.5 Å². The molecule has 0 bridgehead atoms. The monoisotopic (exact) mass is 464 g/mol. The Kier molecular flexibility index (Phi) is 5.12. The van der Waals surface area contributed by atoms with E-state index in [9.17, 15) is 9.59 Å². The SMILES string of the molecule is Cn1c(=O)[nH]c2ccc(C3=N[C@@H](Cc4ccccc4Cl)C(=O)Nc4ccc(Cl)cc43)cc21. The normalized spacial score (nSPS) is 15.8. The van der Waals surface area contributed by atoms with Gasteiger partial charge in [0.15, 0.2) is 0 Å². The number of halogens is 2. The second-order valence-corrected chi connectivity index (χ2v) is 8.53. The molecule has 6 nitrogen and oxygen atoms in total. The van der Waals surface area contributed by atoms with Crippen LogP contribution in [0.3, 0.4) is 0 Å². The van der Waals surface area contributed by atoms with Crippen LogP contribution >= 0.6 is 23.2 Å². The van der Waals surface area contributed by atoms with Crippen molar-refractivity contribution in [1.29, 1.82) is 0 Å². The Labute approximate surface area is 193 Å². The molecule has 3 aromatic carbocycles. The van der Waals surface area contributed by atoms with Crippen molar-refractivity contribution in [3.63, 3.8) is 0 Å². The van der Waals surface area contributed by atoms with E-state index >= 15 is 0 Å². The number of nitrogens with zero attached hydrogens (tertiary/aromatic N) is 2. The molecule has 4 aromatic rings. The van der Waals surface area contributed by atoms with Gasteiger partial charge in [0.25, 0.3) is 0 Å². The molecule has 1 atom stereocenters. The molecule has 8 heteroatoms. The van der Waals surface area contributed by atoms with Crippen molar-refractivity contribution in [1.82, 2.24) is 9.55 Å². The number of fused-ring (bicyclic) bond motifs is 2. The fraction of sp³-hybridized carbons (Fsp3) is 0.125. The highest BCUT2D eigenvalue weighted by Crippen LogP contribution is 2.29. The highest BCUT2D eigenvalue weighted by Gasteiger charge is 2.27. The topological polar surface area (TPSA) is 79.2 Å². The second-order valence-electron chi connectivity index (χ2n) is 7.69. The number of H-pyrrole nitrogens is 1. The van der Waals surface area contributed by atoms with E-state index in [-0.39, 0.29) is 11.6 Å². The summed E-state index contributed by atoms with van der Waals surface area (Å²) < 4.78 is 1.54. The summed E-state index contributed by atoms with van der Waals surface area (Å²) in [6.45, 7) is 0. The number of amides is 1. The van der Waals surface area contributed by atoms with Crippen molar-refractivity contribution in [3.8, 4) is 0 Å². The van der Waals surface area contributed by atoms with E-state index < -0.39 is 6.04 Å². The first-order valence-electron chi connectivity index (χ1n) is 10.0. The van der Waals surface area contributed by atoms with Crippen molar-refractivity contribution >= 4 is 51.5 Å². The lowest BCUT2D eigenvalue weighted by atomic mass is 9.99. The number of benzodiazepines with no additional fused rings is 1. The zero-order valence-electron chi connectivity index (χ0n) is 17.0. The molecular formula is C24H18Cl2N4O2. The average molecular weight is 465 g/mol. The number of rotatable bonds is 3. The lowest BCUT2D eigenvalue weighted by Crippen LogP contribution is -2.27. The molecule has 0 spiro atoms. The number of imidazole rings is 1. The molecule has 2 N–H and O–H groups in total. The minimum atomic E-state index is -0.693. The van der Waals surface area contributed by atoms with Gasteiger partial charge in [0, 0.05) is 34.6 Å². The molecule has 2 heterocycles. The number of hydrogen-bond donors (Lipinski definition) is 2. The van der Waals surface area contributed by atoms with Gasteiger partial charge < -0.3 is 10.3 Å². The molecule has 160 valence electrons. The first-order valence-corrected chi connectivity index (χ1v) is 10.8. The predicted octanol–water partition coefficient (Wildman–Crippen LogP) is 4.57. The first kappa shape index (κ1) is 20.5. The number of carbonyl (C=O) groups excluding carboxylic acids is 1. The smallest absolute Gasteiger partial charge is 0.324 e. The van der Waals surface area contributed by atoms with Crippen LogP contribution in [-0.2, 0) is 18.3 Å². The van der Waals surface area contributed by atoms with Gasteiger partial charge in [0.1, 0.15) is 6.04 Å². The molecular weight excluding hydrogens is 447 g/mol. The third-order valence-corrected chi connectivity index (χ3v) is 6.24. The summed E-state index contributed by atoms with van der Waals surface area (Å²) >= 11 is 12.6. The van der Waals surface area contributed by atoms with Gasteiger partial charge in [0.2, 0.25) is 5.91 Å². The number of aryl methyl sites for hydroxylation is 1. The molecule has 0 fully saturated rings. The Morgan fingerprint density at radius 1 is 1.03 bits per heavy atom. The van der Waals surface area contributed by atoms with Crippen LogP contribution in [0.1, 0.15) is 16.7 Å². The van der Waals surface area contributed by atoms with Gasteiger partial charge in [-0.25, -0.2) is 4.79 Å². The Bertz CT molecular complexity index is 1470. The zero-order valence-corrected chi connectivity index (χ0v) is 18.5. The lowest BCUT2D eigenvalue weighted by Gasteiger charge is -2.12. The third kappa shape index (κ3) is 3.61. The number of anilines is 1. The van der Waals surface area contributed by atoms with Gasteiger partial charge in [-0.3, -0.25) is 14.4 Å². The third-order valence-electron chi connectivity index (χ3n) is 5.63. The maximum absolute atomic E-state index is 13.1. The number of aromatic amines is 1. The minimum Gasteiger partial charge on any atom is -0.324 e. The largest absolute Gasteiger partial charge is 0.326 e. The number of aromatic nitrogens is 2. The average Bonchev–Trinajstić information content (AvgIpc) is 2.98. The highest BCUT2D eigenvalue weighted by atomic mass is 35.5. The maximum Gasteiger partial charge on any atom is 0.326 e. The molecule has 1 aromatic heterocycles. The van der Waals surface area contributed by atoms with Crippen LogP contribution in [0.25, 0.3) is 11.0 Å². The van der Waals surface area contributed by atoms with Gasteiger partial charge in [-0.05, 0) is 42.0 Å². The summed E-state index contributed by atoms with van der Waals surface area (Å²) in [6, 6.07) is 17.6. The number of carbonyl (C=O) groups is 1. The summed E-state index contributed by atoms with van der Waals surface area (Å²) in [5.41, 5.74) is 4.84. The molecule has 1 aliphatic rings. The molecule has 0 aliphatic carbocycles. The molecule has 5 rings (SSSR count). The van der Waals surface area contributed by atoms with Crippen LogP contribution in [0.2, 0.25) is 10.0 Å². The van der Waals surface area contributed by atoms with E-state index in [4.69, 9.17) is 28.2 Å². The molecule has 1 aliphatic heterocycles. The fourth-order valence-corrected chi connectivity index (χ4v) is 4.32. The number of aliphatic imine (C=N–C) groups is 1. The zero-order chi connectivity index (χ0) is 22.4. The van der Waals surface area contributed by atoms with Gasteiger partial charge in [0.05, 0.1) is 22.4 Å². The van der Waals surface area contributed by atoms with Crippen LogP contribution in [0.5, 0.6) is 0 Å². The van der Waals surface area contributed by atoms with E-state index in [0.717, 1.165) is 22.2 Å². The van der Waals surface area contributed by atoms with E-state index in [0.29, 0.717) is 33.4 Å². The maximum atomic E-state index is 13.1. The second kappa shape index (κ2) is 7.97. The van der Waals surface area contributed by atoms with Crippen molar-refractivity contribution in [3.05, 3.63) is 97.9 Å². The predicted molar refractivity (Wildman–Crippen MR) is 128 cm³/mol.